The van der Waals surface area contributed by atoms with Crippen molar-refractivity contribution in [2.75, 3.05) is 19.0 Å². The van der Waals surface area contributed by atoms with Crippen LogP contribution in [-0.4, -0.2) is 25.1 Å². The van der Waals surface area contributed by atoms with Gasteiger partial charge in [0.1, 0.15) is 5.75 Å². The van der Waals surface area contributed by atoms with Crippen LogP contribution >= 0.6 is 0 Å². The van der Waals surface area contributed by atoms with Crippen LogP contribution < -0.4 is 15.4 Å². The standard InChI is InChI=1S/C14H22N2O2/c1-10-8-11(6-7-12(10)18-5)15-9-13(17)16-14(2,3)4/h6-8,15H,9H2,1-5H3,(H,16,17). The smallest absolute Gasteiger partial charge is 0.239 e. The number of anilines is 1. The van der Waals surface area contributed by atoms with Crippen LogP contribution in [0.15, 0.2) is 18.2 Å². The minimum absolute atomic E-state index is 0.0176. The number of carbonyl (C=O) groups excluding carboxylic acids is 1. The van der Waals surface area contributed by atoms with Crippen LogP contribution in [0.3, 0.4) is 0 Å². The highest BCUT2D eigenvalue weighted by Crippen LogP contribution is 2.21. The van der Waals surface area contributed by atoms with Gasteiger partial charge in [0.2, 0.25) is 5.91 Å². The lowest BCUT2D eigenvalue weighted by molar-refractivity contribution is -0.120. The molecule has 0 fully saturated rings. The lowest BCUT2D eigenvalue weighted by Crippen LogP contribution is -2.43. The molecule has 0 spiro atoms. The molecule has 0 saturated carbocycles. The molecule has 0 radical (unpaired) electrons. The van der Waals surface area contributed by atoms with E-state index in [-0.39, 0.29) is 18.0 Å². The van der Waals surface area contributed by atoms with Crippen molar-refractivity contribution < 1.29 is 9.53 Å². The van der Waals surface area contributed by atoms with E-state index < -0.39 is 0 Å². The SMILES string of the molecule is COc1ccc(NCC(=O)NC(C)(C)C)cc1C. The Bertz CT molecular complexity index is 422. The maximum Gasteiger partial charge on any atom is 0.239 e. The molecule has 0 heterocycles. The van der Waals surface area contributed by atoms with E-state index in [1.165, 1.54) is 0 Å². The van der Waals surface area contributed by atoms with Crippen molar-refractivity contribution in [1.29, 1.82) is 0 Å². The van der Waals surface area contributed by atoms with Crippen molar-refractivity contribution >= 4 is 11.6 Å². The Labute approximate surface area is 109 Å². The van der Waals surface area contributed by atoms with Crippen molar-refractivity contribution in [1.82, 2.24) is 5.32 Å². The zero-order chi connectivity index (χ0) is 13.8. The van der Waals surface area contributed by atoms with E-state index in [0.29, 0.717) is 0 Å². The Morgan fingerprint density at radius 2 is 2.00 bits per heavy atom. The van der Waals surface area contributed by atoms with Gasteiger partial charge in [-0.25, -0.2) is 0 Å². The van der Waals surface area contributed by atoms with Crippen molar-refractivity contribution in [2.45, 2.75) is 33.2 Å². The Balaban J connectivity index is 2.54. The molecular formula is C14H22N2O2. The van der Waals surface area contributed by atoms with Crippen LogP contribution in [0.5, 0.6) is 5.75 Å². The predicted molar refractivity (Wildman–Crippen MR) is 74.1 cm³/mol. The van der Waals surface area contributed by atoms with Gasteiger partial charge in [-0.05, 0) is 51.5 Å². The lowest BCUT2D eigenvalue weighted by atomic mass is 10.1. The monoisotopic (exact) mass is 250 g/mol. The van der Waals surface area contributed by atoms with Crippen molar-refractivity contribution in [3.8, 4) is 5.75 Å². The fourth-order valence-corrected chi connectivity index (χ4v) is 1.63. The number of nitrogens with one attached hydrogen (secondary N) is 2. The highest BCUT2D eigenvalue weighted by molar-refractivity contribution is 5.81. The average molecular weight is 250 g/mol. The Hall–Kier alpha value is -1.71. The Morgan fingerprint density at radius 3 is 2.50 bits per heavy atom. The van der Waals surface area contributed by atoms with Gasteiger partial charge in [0.15, 0.2) is 0 Å². The summed E-state index contributed by atoms with van der Waals surface area (Å²) in [6, 6.07) is 5.75. The quantitative estimate of drug-likeness (QED) is 0.862. The van der Waals surface area contributed by atoms with Gasteiger partial charge in [-0.2, -0.15) is 0 Å². The second-order valence-corrected chi connectivity index (χ2v) is 5.34. The molecule has 0 atom stereocenters. The molecule has 0 aliphatic heterocycles. The van der Waals surface area contributed by atoms with E-state index in [0.717, 1.165) is 17.0 Å². The highest BCUT2D eigenvalue weighted by Gasteiger charge is 2.13. The molecule has 2 N–H and O–H groups in total. The minimum Gasteiger partial charge on any atom is -0.496 e. The zero-order valence-corrected chi connectivity index (χ0v) is 11.8. The normalized spacial score (nSPS) is 10.9. The number of aryl methyl sites for hydroxylation is 1. The summed E-state index contributed by atoms with van der Waals surface area (Å²) in [5.74, 6) is 0.829. The van der Waals surface area contributed by atoms with Gasteiger partial charge in [0.25, 0.3) is 0 Å². The van der Waals surface area contributed by atoms with Gasteiger partial charge >= 0.3 is 0 Å². The third kappa shape index (κ3) is 4.65. The molecule has 18 heavy (non-hydrogen) atoms. The molecule has 0 aliphatic rings. The van der Waals surface area contributed by atoms with Crippen LogP contribution in [0.2, 0.25) is 0 Å². The molecule has 100 valence electrons. The van der Waals surface area contributed by atoms with Gasteiger partial charge in [-0.1, -0.05) is 0 Å². The fourth-order valence-electron chi connectivity index (χ4n) is 1.63. The maximum absolute atomic E-state index is 11.6. The summed E-state index contributed by atoms with van der Waals surface area (Å²) in [6.45, 7) is 8.12. The van der Waals surface area contributed by atoms with E-state index in [1.54, 1.807) is 7.11 Å². The number of benzene rings is 1. The van der Waals surface area contributed by atoms with E-state index in [1.807, 2.05) is 45.9 Å². The summed E-state index contributed by atoms with van der Waals surface area (Å²) in [5.41, 5.74) is 1.75. The number of hydrogen-bond acceptors (Lipinski definition) is 3. The number of rotatable bonds is 4. The van der Waals surface area contributed by atoms with E-state index in [4.69, 9.17) is 4.74 Å². The first-order valence-electron chi connectivity index (χ1n) is 6.01. The lowest BCUT2D eigenvalue weighted by Gasteiger charge is -2.20. The second-order valence-electron chi connectivity index (χ2n) is 5.34. The first-order valence-corrected chi connectivity index (χ1v) is 6.01. The second kappa shape index (κ2) is 5.76. The molecule has 0 aliphatic carbocycles. The first-order chi connectivity index (χ1) is 8.31. The molecule has 0 aromatic heterocycles. The van der Waals surface area contributed by atoms with Gasteiger partial charge in [0.05, 0.1) is 13.7 Å². The number of ether oxygens (including phenoxy) is 1. The molecule has 1 rings (SSSR count). The fraction of sp³-hybridized carbons (Fsp3) is 0.500. The third-order valence-electron chi connectivity index (χ3n) is 2.36. The van der Waals surface area contributed by atoms with Crippen LogP contribution in [0.25, 0.3) is 0 Å². The minimum atomic E-state index is -0.200. The molecule has 1 aromatic rings. The Kier molecular flexibility index (Phi) is 4.59. The summed E-state index contributed by atoms with van der Waals surface area (Å²) >= 11 is 0. The molecule has 0 bridgehead atoms. The summed E-state index contributed by atoms with van der Waals surface area (Å²) < 4.78 is 5.18. The van der Waals surface area contributed by atoms with Crippen LogP contribution in [0, 0.1) is 6.92 Å². The molecule has 4 heteroatoms. The maximum atomic E-state index is 11.6. The van der Waals surface area contributed by atoms with E-state index in [2.05, 4.69) is 10.6 Å². The highest BCUT2D eigenvalue weighted by atomic mass is 16.5. The molecule has 4 nitrogen and oxygen atoms in total. The third-order valence-corrected chi connectivity index (χ3v) is 2.36. The molecule has 1 aromatic carbocycles. The average Bonchev–Trinajstić information content (AvgIpc) is 2.24. The predicted octanol–water partition coefficient (Wildman–Crippen LogP) is 2.33. The Morgan fingerprint density at radius 1 is 1.33 bits per heavy atom. The molecule has 0 saturated heterocycles. The van der Waals surface area contributed by atoms with Crippen molar-refractivity contribution in [3.05, 3.63) is 23.8 Å². The van der Waals surface area contributed by atoms with Crippen molar-refractivity contribution in [3.63, 3.8) is 0 Å². The van der Waals surface area contributed by atoms with Gasteiger partial charge in [-0.3, -0.25) is 4.79 Å². The number of amides is 1. The topological polar surface area (TPSA) is 50.4 Å². The van der Waals surface area contributed by atoms with Gasteiger partial charge in [-0.15, -0.1) is 0 Å². The summed E-state index contributed by atoms with van der Waals surface area (Å²) in [5, 5.41) is 5.99. The number of methoxy groups -OCH3 is 1. The van der Waals surface area contributed by atoms with Gasteiger partial charge < -0.3 is 15.4 Å². The number of carbonyl (C=O) groups is 1. The van der Waals surface area contributed by atoms with E-state index in [9.17, 15) is 4.79 Å². The molecular weight excluding hydrogens is 228 g/mol. The van der Waals surface area contributed by atoms with Crippen LogP contribution in [0.4, 0.5) is 5.69 Å². The zero-order valence-electron chi connectivity index (χ0n) is 11.8. The largest absolute Gasteiger partial charge is 0.496 e. The number of hydrogen-bond donors (Lipinski definition) is 2. The molecule has 0 unspecified atom stereocenters. The summed E-state index contributed by atoms with van der Waals surface area (Å²) in [6.07, 6.45) is 0. The van der Waals surface area contributed by atoms with Crippen molar-refractivity contribution in [2.24, 2.45) is 0 Å². The first kappa shape index (κ1) is 14.4. The molecule has 1 amide bonds. The van der Waals surface area contributed by atoms with Gasteiger partial charge in [0, 0.05) is 11.2 Å². The van der Waals surface area contributed by atoms with E-state index >= 15 is 0 Å². The van der Waals surface area contributed by atoms with Crippen LogP contribution in [-0.2, 0) is 4.79 Å². The summed E-state index contributed by atoms with van der Waals surface area (Å²) in [4.78, 5) is 11.6. The summed E-state index contributed by atoms with van der Waals surface area (Å²) in [7, 11) is 1.65. The van der Waals surface area contributed by atoms with Crippen LogP contribution in [0.1, 0.15) is 26.3 Å².